The van der Waals surface area contributed by atoms with Gasteiger partial charge in [-0.1, -0.05) is 0 Å². The van der Waals surface area contributed by atoms with Crippen molar-refractivity contribution < 1.29 is 47.5 Å². The maximum absolute atomic E-state index is 10.0. The van der Waals surface area contributed by atoms with Crippen LogP contribution in [0.4, 0.5) is 0 Å². The first kappa shape index (κ1) is 16.9. The number of aromatic hydroxyl groups is 3. The number of rotatable bonds is 1. The van der Waals surface area contributed by atoms with Gasteiger partial charge in [0, 0.05) is 12.1 Å². The number of phenols is 2. The average molecular weight is 341 g/mol. The van der Waals surface area contributed by atoms with Crippen molar-refractivity contribution in [3.63, 3.8) is 0 Å². The van der Waals surface area contributed by atoms with Gasteiger partial charge in [-0.25, -0.2) is 4.42 Å². The molecule has 0 radical (unpaired) electrons. The summed E-state index contributed by atoms with van der Waals surface area (Å²) in [5, 5.41) is 58.1. The Morgan fingerprint density at radius 3 is 2.26 bits per heavy atom. The molecule has 0 bridgehead atoms. The number of aliphatic hydroxyl groups excluding tert-OH is 1. The smallest absolute Gasteiger partial charge is 0.402 e. The molecule has 1 aromatic heterocycles. The third kappa shape index (κ3) is 2.89. The molecule has 0 fully saturated rings. The molecular formula is C15H13ClO7. The zero-order valence-corrected chi connectivity index (χ0v) is 12.3. The summed E-state index contributed by atoms with van der Waals surface area (Å²) in [6, 6.07) is 4.91. The zero-order valence-electron chi connectivity index (χ0n) is 11.6. The molecule has 0 saturated heterocycles. The molecule has 0 amide bonds. The van der Waals surface area contributed by atoms with E-state index in [2.05, 4.69) is 0 Å². The summed E-state index contributed by atoms with van der Waals surface area (Å²) in [5.41, 5.74) is 0.171. The van der Waals surface area contributed by atoms with Crippen LogP contribution in [0.2, 0.25) is 0 Å². The number of hydrogen-bond donors (Lipinski definition) is 6. The van der Waals surface area contributed by atoms with Crippen molar-refractivity contribution >= 4 is 6.08 Å². The lowest BCUT2D eigenvalue weighted by atomic mass is 9.94. The third-order valence-electron chi connectivity index (χ3n) is 3.39. The van der Waals surface area contributed by atoms with Crippen molar-refractivity contribution in [2.24, 2.45) is 0 Å². The van der Waals surface area contributed by atoms with Gasteiger partial charge < -0.3 is 43.0 Å². The van der Waals surface area contributed by atoms with Crippen LogP contribution in [0, 0.1) is 0 Å². The van der Waals surface area contributed by atoms with E-state index in [9.17, 15) is 30.6 Å². The Labute approximate surface area is 136 Å². The van der Waals surface area contributed by atoms with E-state index < -0.39 is 18.0 Å². The Kier molecular flexibility index (Phi) is 4.12. The van der Waals surface area contributed by atoms with Gasteiger partial charge >= 0.3 is 11.5 Å². The molecule has 0 unspecified atom stereocenters. The molecule has 1 heterocycles. The summed E-state index contributed by atoms with van der Waals surface area (Å²) in [6.07, 6.45) is 0.789. The van der Waals surface area contributed by atoms with Crippen LogP contribution in [0.1, 0.15) is 17.7 Å². The predicted octanol–water partition coefficient (Wildman–Crippen LogP) is -1.21. The molecule has 0 spiro atoms. The highest BCUT2D eigenvalue weighted by Crippen LogP contribution is 2.42. The quantitative estimate of drug-likeness (QED) is 0.218. The summed E-state index contributed by atoms with van der Waals surface area (Å²) < 4.78 is 5.42. The lowest BCUT2D eigenvalue weighted by Crippen LogP contribution is -3.00. The molecule has 1 aliphatic rings. The second-order valence-electron chi connectivity index (χ2n) is 5.07. The molecule has 122 valence electrons. The number of fused-ring (bicyclic) bond motifs is 1. The Hall–Kier alpha value is -2.48. The van der Waals surface area contributed by atoms with Crippen LogP contribution in [-0.4, -0.2) is 30.6 Å². The van der Waals surface area contributed by atoms with Gasteiger partial charge in [-0.3, -0.25) is 0 Å². The SMILES string of the molecule is OC1=Cc2[o+]c(-c3ccc(O)c(O)c3)c(O)cc2C(O)(O)C1.[Cl-]. The maximum atomic E-state index is 10.0. The van der Waals surface area contributed by atoms with Crippen LogP contribution in [0.3, 0.4) is 0 Å². The van der Waals surface area contributed by atoms with Gasteiger partial charge in [-0.15, -0.1) is 0 Å². The molecule has 2 aromatic rings. The molecule has 1 aromatic carbocycles. The van der Waals surface area contributed by atoms with E-state index in [0.717, 1.165) is 6.07 Å². The molecule has 7 nitrogen and oxygen atoms in total. The standard InChI is InChI=1S/C15H12O7.ClH/c16-8-4-13-9(15(20,21)6-8)5-12(19)14(22-13)7-1-2-10(17)11(18)3-7;/h1-5,20-21H,6H2,(H3-,16,17,18,19);1H. The van der Waals surface area contributed by atoms with Crippen molar-refractivity contribution in [3.8, 4) is 28.6 Å². The molecule has 0 saturated carbocycles. The van der Waals surface area contributed by atoms with E-state index >= 15 is 0 Å². The van der Waals surface area contributed by atoms with Gasteiger partial charge in [0.2, 0.25) is 11.5 Å². The van der Waals surface area contributed by atoms with Gasteiger partial charge in [0.15, 0.2) is 11.5 Å². The summed E-state index contributed by atoms with van der Waals surface area (Å²) in [5.74, 6) is -3.85. The van der Waals surface area contributed by atoms with Crippen molar-refractivity contribution in [2.75, 3.05) is 0 Å². The van der Waals surface area contributed by atoms with Crippen LogP contribution >= 0.6 is 0 Å². The van der Waals surface area contributed by atoms with Crippen LogP contribution in [0.15, 0.2) is 34.4 Å². The fraction of sp³-hybridized carbons (Fsp3) is 0.133. The fourth-order valence-corrected chi connectivity index (χ4v) is 2.33. The molecule has 6 N–H and O–H groups in total. The normalized spacial score (nSPS) is 15.3. The second kappa shape index (κ2) is 5.62. The Morgan fingerprint density at radius 2 is 1.61 bits per heavy atom. The largest absolute Gasteiger partial charge is 1.00 e. The van der Waals surface area contributed by atoms with E-state index in [1.54, 1.807) is 0 Å². The Bertz CT molecular complexity index is 799. The molecular weight excluding hydrogens is 328 g/mol. The Balaban J connectivity index is 0.00000192. The lowest BCUT2D eigenvalue weighted by Gasteiger charge is -2.22. The molecule has 0 atom stereocenters. The Morgan fingerprint density at radius 1 is 0.913 bits per heavy atom. The molecule has 0 aliphatic heterocycles. The zero-order chi connectivity index (χ0) is 16.1. The van der Waals surface area contributed by atoms with Gasteiger partial charge in [-0.2, -0.15) is 0 Å². The van der Waals surface area contributed by atoms with E-state index in [-0.39, 0.29) is 52.3 Å². The van der Waals surface area contributed by atoms with Crippen molar-refractivity contribution in [3.05, 3.63) is 41.3 Å². The number of halogens is 1. The van der Waals surface area contributed by atoms with Crippen LogP contribution in [-0.2, 0) is 5.79 Å². The maximum Gasteiger partial charge on any atom is 0.402 e. The monoisotopic (exact) mass is 340 g/mol. The minimum absolute atomic E-state index is 0. The highest BCUT2D eigenvalue weighted by molar-refractivity contribution is 5.69. The molecule has 23 heavy (non-hydrogen) atoms. The fourth-order valence-electron chi connectivity index (χ4n) is 2.33. The van der Waals surface area contributed by atoms with Gasteiger partial charge in [0.05, 0.1) is 18.1 Å². The number of hydrogen-bond acceptors (Lipinski definition) is 6. The van der Waals surface area contributed by atoms with E-state index in [4.69, 9.17) is 4.42 Å². The van der Waals surface area contributed by atoms with E-state index in [1.807, 2.05) is 0 Å². The predicted molar refractivity (Wildman–Crippen MR) is 74.9 cm³/mol. The van der Waals surface area contributed by atoms with Crippen molar-refractivity contribution in [1.82, 2.24) is 0 Å². The van der Waals surface area contributed by atoms with Gasteiger partial charge in [-0.05, 0) is 12.1 Å². The topological polar surface area (TPSA) is 133 Å². The second-order valence-corrected chi connectivity index (χ2v) is 5.07. The summed E-state index contributed by atoms with van der Waals surface area (Å²) >= 11 is 0. The minimum atomic E-state index is -2.36. The van der Waals surface area contributed by atoms with E-state index in [0.29, 0.717) is 0 Å². The van der Waals surface area contributed by atoms with Crippen LogP contribution < -0.4 is 12.4 Å². The summed E-state index contributed by atoms with van der Waals surface area (Å²) in [4.78, 5) is 0. The highest BCUT2D eigenvalue weighted by Gasteiger charge is 2.41. The summed E-state index contributed by atoms with van der Waals surface area (Å²) in [6.45, 7) is 0. The summed E-state index contributed by atoms with van der Waals surface area (Å²) in [7, 11) is 0. The third-order valence-corrected chi connectivity index (χ3v) is 3.39. The number of aliphatic hydroxyl groups is 3. The molecule has 1 aliphatic carbocycles. The van der Waals surface area contributed by atoms with Crippen molar-refractivity contribution in [1.29, 1.82) is 0 Å². The first-order valence-corrected chi connectivity index (χ1v) is 6.35. The van der Waals surface area contributed by atoms with Gasteiger partial charge in [0.1, 0.15) is 11.3 Å². The molecule has 8 heteroatoms. The number of benzene rings is 1. The van der Waals surface area contributed by atoms with Crippen LogP contribution in [0.25, 0.3) is 17.4 Å². The van der Waals surface area contributed by atoms with E-state index in [1.165, 1.54) is 24.3 Å². The first-order chi connectivity index (χ1) is 10.3. The van der Waals surface area contributed by atoms with Crippen molar-refractivity contribution in [2.45, 2.75) is 12.2 Å². The molecule has 3 rings (SSSR count). The van der Waals surface area contributed by atoms with Crippen LogP contribution in [0.5, 0.6) is 17.2 Å². The highest BCUT2D eigenvalue weighted by atomic mass is 35.5. The average Bonchev–Trinajstić information content (AvgIpc) is 2.41. The number of phenolic OH excluding ortho intramolecular Hbond substituents is 2. The minimum Gasteiger partial charge on any atom is -1.00 e. The van der Waals surface area contributed by atoms with Gasteiger partial charge in [0.25, 0.3) is 0 Å². The lowest BCUT2D eigenvalue weighted by molar-refractivity contribution is -0.174. The first-order valence-electron chi connectivity index (χ1n) is 6.35.